The van der Waals surface area contributed by atoms with E-state index in [1.807, 2.05) is 11.9 Å². The molecule has 1 amide bonds. The number of likely N-dealkylation sites (tertiary alicyclic amines) is 1. The van der Waals surface area contributed by atoms with Crippen molar-refractivity contribution >= 4 is 11.9 Å². The first kappa shape index (κ1) is 22.7. The second kappa shape index (κ2) is 10.9. The number of hydrogen-bond donors (Lipinski definition) is 2. The van der Waals surface area contributed by atoms with Gasteiger partial charge in [-0.2, -0.15) is 0 Å². The van der Waals surface area contributed by atoms with Crippen LogP contribution in [0.15, 0.2) is 53.5 Å². The Morgan fingerprint density at radius 2 is 1.97 bits per heavy atom. The van der Waals surface area contributed by atoms with Crippen LogP contribution in [-0.2, 0) is 24.4 Å². The molecule has 0 saturated carbocycles. The first-order valence-corrected chi connectivity index (χ1v) is 10.7. The normalized spacial score (nSPS) is 17.4. The first-order valence-electron chi connectivity index (χ1n) is 10.7. The average molecular weight is 426 g/mol. The summed E-state index contributed by atoms with van der Waals surface area (Å²) in [7, 11) is 3.71. The molecule has 1 aliphatic heterocycles. The lowest BCUT2D eigenvalue weighted by atomic mass is 9.97. The van der Waals surface area contributed by atoms with E-state index in [1.54, 1.807) is 19.2 Å². The van der Waals surface area contributed by atoms with Crippen LogP contribution in [0.4, 0.5) is 4.39 Å². The number of benzene rings is 2. The van der Waals surface area contributed by atoms with Crippen LogP contribution in [0.5, 0.6) is 0 Å². The third-order valence-corrected chi connectivity index (χ3v) is 5.66. The Morgan fingerprint density at radius 3 is 2.68 bits per heavy atom. The Hall–Kier alpha value is -2.93. The highest BCUT2D eigenvalue weighted by Crippen LogP contribution is 2.19. The maximum atomic E-state index is 13.1. The minimum absolute atomic E-state index is 0.0430. The molecule has 1 heterocycles. The highest BCUT2D eigenvalue weighted by atomic mass is 19.1. The van der Waals surface area contributed by atoms with Crippen LogP contribution in [0.1, 0.15) is 29.5 Å². The van der Waals surface area contributed by atoms with Crippen molar-refractivity contribution in [3.05, 3.63) is 71.0 Å². The van der Waals surface area contributed by atoms with Crippen molar-refractivity contribution in [1.29, 1.82) is 0 Å². The molecule has 1 fully saturated rings. The van der Waals surface area contributed by atoms with Crippen molar-refractivity contribution in [3.8, 4) is 0 Å². The van der Waals surface area contributed by atoms with E-state index < -0.39 is 0 Å². The zero-order valence-electron chi connectivity index (χ0n) is 18.4. The van der Waals surface area contributed by atoms with Gasteiger partial charge in [0.25, 0.3) is 0 Å². The van der Waals surface area contributed by atoms with Crippen molar-refractivity contribution in [2.45, 2.75) is 32.5 Å². The summed E-state index contributed by atoms with van der Waals surface area (Å²) in [5.41, 5.74) is 8.91. The first-order chi connectivity index (χ1) is 14.9. The summed E-state index contributed by atoms with van der Waals surface area (Å²) in [6.45, 7) is 3.83. The SMILES string of the molecule is CN=C(NCc1cccc(CN2CCCC(C(N)=O)C2)c1)N(C)Cc1ccc(F)cc1. The molecule has 3 N–H and O–H groups in total. The topological polar surface area (TPSA) is 74.0 Å². The molecule has 2 aromatic rings. The number of guanidine groups is 1. The number of carbonyl (C=O) groups excluding carboxylic acids is 1. The number of nitrogens with one attached hydrogen (secondary N) is 1. The summed E-state index contributed by atoms with van der Waals surface area (Å²) >= 11 is 0. The Bertz CT molecular complexity index is 899. The highest BCUT2D eigenvalue weighted by molar-refractivity contribution is 5.79. The maximum Gasteiger partial charge on any atom is 0.221 e. The summed E-state index contributed by atoms with van der Waals surface area (Å²) < 4.78 is 13.1. The molecule has 0 bridgehead atoms. The van der Waals surface area contributed by atoms with Gasteiger partial charge in [-0.1, -0.05) is 36.4 Å². The van der Waals surface area contributed by atoms with Gasteiger partial charge in [-0.3, -0.25) is 14.7 Å². The second-order valence-electron chi connectivity index (χ2n) is 8.18. The van der Waals surface area contributed by atoms with Crippen molar-refractivity contribution in [1.82, 2.24) is 15.1 Å². The fraction of sp³-hybridized carbons (Fsp3) is 0.417. The number of nitrogens with zero attached hydrogens (tertiary/aromatic N) is 3. The molecule has 1 atom stereocenters. The van der Waals surface area contributed by atoms with E-state index >= 15 is 0 Å². The average Bonchev–Trinajstić information content (AvgIpc) is 2.76. The Labute approximate surface area is 183 Å². The van der Waals surface area contributed by atoms with Crippen molar-refractivity contribution in [2.24, 2.45) is 16.6 Å². The monoisotopic (exact) mass is 425 g/mol. The largest absolute Gasteiger partial charge is 0.369 e. The van der Waals surface area contributed by atoms with E-state index in [0.717, 1.165) is 49.6 Å². The van der Waals surface area contributed by atoms with Gasteiger partial charge in [-0.05, 0) is 48.2 Å². The summed E-state index contributed by atoms with van der Waals surface area (Å²) in [6, 6.07) is 15.0. The number of primary amides is 1. The molecule has 1 unspecified atom stereocenters. The fourth-order valence-electron chi connectivity index (χ4n) is 4.03. The third-order valence-electron chi connectivity index (χ3n) is 5.66. The van der Waals surface area contributed by atoms with E-state index in [2.05, 4.69) is 39.5 Å². The van der Waals surface area contributed by atoms with Crippen LogP contribution in [0.2, 0.25) is 0 Å². The smallest absolute Gasteiger partial charge is 0.221 e. The van der Waals surface area contributed by atoms with Gasteiger partial charge in [-0.25, -0.2) is 4.39 Å². The Kier molecular flexibility index (Phi) is 8.00. The Balaban J connectivity index is 1.54. The van der Waals surface area contributed by atoms with Crippen LogP contribution >= 0.6 is 0 Å². The maximum absolute atomic E-state index is 13.1. The molecule has 3 rings (SSSR count). The minimum atomic E-state index is -0.233. The van der Waals surface area contributed by atoms with Crippen LogP contribution in [0.3, 0.4) is 0 Å². The molecule has 0 radical (unpaired) electrons. The molecule has 6 nitrogen and oxygen atoms in total. The van der Waals surface area contributed by atoms with Crippen molar-refractivity contribution in [3.63, 3.8) is 0 Å². The van der Waals surface area contributed by atoms with E-state index in [4.69, 9.17) is 5.73 Å². The third kappa shape index (κ3) is 6.79. The number of piperidine rings is 1. The molecule has 0 aromatic heterocycles. The lowest BCUT2D eigenvalue weighted by molar-refractivity contribution is -0.123. The van der Waals surface area contributed by atoms with Crippen LogP contribution in [0, 0.1) is 11.7 Å². The summed E-state index contributed by atoms with van der Waals surface area (Å²) in [5, 5.41) is 3.40. The van der Waals surface area contributed by atoms with Crippen LogP contribution < -0.4 is 11.1 Å². The Morgan fingerprint density at radius 1 is 1.23 bits per heavy atom. The quantitative estimate of drug-likeness (QED) is 0.528. The lowest BCUT2D eigenvalue weighted by Gasteiger charge is -2.31. The van der Waals surface area contributed by atoms with E-state index in [9.17, 15) is 9.18 Å². The lowest BCUT2D eigenvalue weighted by Crippen LogP contribution is -2.40. The van der Waals surface area contributed by atoms with Gasteiger partial charge in [0, 0.05) is 40.3 Å². The molecule has 166 valence electrons. The van der Waals surface area contributed by atoms with Gasteiger partial charge in [0.2, 0.25) is 5.91 Å². The number of rotatable bonds is 7. The number of amides is 1. The van der Waals surface area contributed by atoms with Gasteiger partial charge < -0.3 is 16.0 Å². The van der Waals surface area contributed by atoms with Crippen molar-refractivity contribution in [2.75, 3.05) is 27.2 Å². The number of aliphatic imine (C=N–C) groups is 1. The zero-order chi connectivity index (χ0) is 22.2. The number of nitrogens with two attached hydrogens (primary N) is 1. The molecule has 7 heteroatoms. The van der Waals surface area contributed by atoms with E-state index in [-0.39, 0.29) is 17.6 Å². The van der Waals surface area contributed by atoms with Gasteiger partial charge >= 0.3 is 0 Å². The fourth-order valence-corrected chi connectivity index (χ4v) is 4.03. The molecule has 0 aliphatic carbocycles. The van der Waals surface area contributed by atoms with Crippen LogP contribution in [-0.4, -0.2) is 48.9 Å². The second-order valence-corrected chi connectivity index (χ2v) is 8.18. The summed E-state index contributed by atoms with van der Waals surface area (Å²) in [5.74, 6) is 0.302. The number of halogens is 1. The molecule has 1 saturated heterocycles. The molecular formula is C24H32FN5O. The van der Waals surface area contributed by atoms with Crippen LogP contribution in [0.25, 0.3) is 0 Å². The van der Waals surface area contributed by atoms with E-state index in [0.29, 0.717) is 13.1 Å². The van der Waals surface area contributed by atoms with Gasteiger partial charge in [0.05, 0.1) is 5.92 Å². The standard InChI is InChI=1S/C24H32FN5O/c1-27-24(29(2)15-18-8-10-22(25)11-9-18)28-14-19-5-3-6-20(13-19)16-30-12-4-7-21(17-30)23(26)31/h3,5-6,8-11,13,21H,4,7,12,14-17H2,1-2H3,(H2,26,31)(H,27,28). The summed E-state index contributed by atoms with van der Waals surface area (Å²) in [6.07, 6.45) is 1.89. The van der Waals surface area contributed by atoms with Gasteiger partial charge in [-0.15, -0.1) is 0 Å². The summed E-state index contributed by atoms with van der Waals surface area (Å²) in [4.78, 5) is 20.2. The molecule has 0 spiro atoms. The van der Waals surface area contributed by atoms with Gasteiger partial charge in [0.15, 0.2) is 5.96 Å². The molecule has 31 heavy (non-hydrogen) atoms. The van der Waals surface area contributed by atoms with E-state index in [1.165, 1.54) is 17.7 Å². The zero-order valence-corrected chi connectivity index (χ0v) is 18.4. The number of carbonyl (C=O) groups is 1. The molecule has 2 aromatic carbocycles. The predicted molar refractivity (Wildman–Crippen MR) is 122 cm³/mol. The molecular weight excluding hydrogens is 393 g/mol. The predicted octanol–water partition coefficient (Wildman–Crippen LogP) is 2.73. The van der Waals surface area contributed by atoms with Gasteiger partial charge in [0.1, 0.15) is 5.82 Å². The highest BCUT2D eigenvalue weighted by Gasteiger charge is 2.23. The molecule has 1 aliphatic rings. The van der Waals surface area contributed by atoms with Crippen molar-refractivity contribution < 1.29 is 9.18 Å². The number of hydrogen-bond acceptors (Lipinski definition) is 3. The minimum Gasteiger partial charge on any atom is -0.369 e.